The van der Waals surface area contributed by atoms with E-state index in [2.05, 4.69) is 0 Å². The van der Waals surface area contributed by atoms with Crippen molar-refractivity contribution < 1.29 is 9.66 Å². The van der Waals surface area contributed by atoms with Crippen LogP contribution in [0.1, 0.15) is 12.5 Å². The molecule has 1 aromatic rings. The van der Waals surface area contributed by atoms with Gasteiger partial charge in [0.2, 0.25) is 0 Å². The number of methoxy groups -OCH3 is 1. The molecule has 6 heteroatoms. The highest BCUT2D eigenvalue weighted by Crippen LogP contribution is 2.37. The number of nitro benzene ring substituents is 1. The van der Waals surface area contributed by atoms with Crippen molar-refractivity contribution >= 4 is 17.3 Å². The quantitative estimate of drug-likeness (QED) is 0.650. The fourth-order valence-corrected chi connectivity index (χ4v) is 1.85. The van der Waals surface area contributed by atoms with Crippen molar-refractivity contribution in [2.75, 3.05) is 13.7 Å². The molecule has 0 aromatic heterocycles. The van der Waals surface area contributed by atoms with E-state index in [-0.39, 0.29) is 17.3 Å². The van der Waals surface area contributed by atoms with Crippen LogP contribution in [0.15, 0.2) is 18.2 Å². The van der Waals surface area contributed by atoms with Crippen LogP contribution in [-0.4, -0.2) is 18.6 Å². The molecule has 0 aliphatic heterocycles. The molecule has 1 atom stereocenters. The third kappa shape index (κ3) is 2.16. The van der Waals surface area contributed by atoms with Gasteiger partial charge in [-0.1, -0.05) is 17.7 Å². The molecular formula is C10H13ClN2O3. The average molecular weight is 245 g/mol. The molecule has 1 rings (SSSR count). The van der Waals surface area contributed by atoms with E-state index in [4.69, 9.17) is 22.1 Å². The van der Waals surface area contributed by atoms with E-state index in [0.29, 0.717) is 5.56 Å². The predicted molar refractivity (Wildman–Crippen MR) is 61.5 cm³/mol. The van der Waals surface area contributed by atoms with Gasteiger partial charge in [0, 0.05) is 19.7 Å². The summed E-state index contributed by atoms with van der Waals surface area (Å²) < 4.78 is 5.23. The normalized spacial score (nSPS) is 14.5. The highest BCUT2D eigenvalue weighted by Gasteiger charge is 2.34. The van der Waals surface area contributed by atoms with E-state index < -0.39 is 10.5 Å². The summed E-state index contributed by atoms with van der Waals surface area (Å²) in [5, 5.41) is 11.2. The zero-order valence-electron chi connectivity index (χ0n) is 9.07. The van der Waals surface area contributed by atoms with E-state index in [1.807, 2.05) is 0 Å². The first-order chi connectivity index (χ1) is 7.46. The molecule has 0 saturated carbocycles. The van der Waals surface area contributed by atoms with Crippen LogP contribution >= 0.6 is 11.6 Å². The Balaban J connectivity index is 3.46. The van der Waals surface area contributed by atoms with E-state index in [9.17, 15) is 10.1 Å². The Kier molecular flexibility index (Phi) is 3.85. The van der Waals surface area contributed by atoms with Crippen LogP contribution in [0.4, 0.5) is 5.69 Å². The first-order valence-electron chi connectivity index (χ1n) is 4.65. The molecule has 1 unspecified atom stereocenters. The van der Waals surface area contributed by atoms with Crippen molar-refractivity contribution in [1.82, 2.24) is 0 Å². The summed E-state index contributed by atoms with van der Waals surface area (Å²) in [4.78, 5) is 10.4. The van der Waals surface area contributed by atoms with Gasteiger partial charge in [-0.3, -0.25) is 10.1 Å². The maximum Gasteiger partial charge on any atom is 0.277 e. The largest absolute Gasteiger partial charge is 0.372 e. The first-order valence-corrected chi connectivity index (χ1v) is 5.02. The standard InChI is InChI=1S/C10H13ClN2O3/c1-10(6-12,16-2)9-7(11)4-3-5-8(9)13(14)15/h3-5H,6,12H2,1-2H3. The minimum Gasteiger partial charge on any atom is -0.372 e. The molecule has 0 heterocycles. The van der Waals surface area contributed by atoms with Gasteiger partial charge in [-0.2, -0.15) is 0 Å². The molecule has 0 spiro atoms. The summed E-state index contributed by atoms with van der Waals surface area (Å²) in [5.74, 6) is 0. The van der Waals surface area contributed by atoms with E-state index in [1.54, 1.807) is 13.0 Å². The summed E-state index contributed by atoms with van der Waals surface area (Å²) in [5.41, 5.74) is 4.85. The van der Waals surface area contributed by atoms with Crippen LogP contribution in [0.5, 0.6) is 0 Å². The molecule has 16 heavy (non-hydrogen) atoms. The zero-order valence-corrected chi connectivity index (χ0v) is 9.82. The third-order valence-corrected chi connectivity index (χ3v) is 2.87. The van der Waals surface area contributed by atoms with Crippen LogP contribution in [0.3, 0.4) is 0 Å². The fraction of sp³-hybridized carbons (Fsp3) is 0.400. The lowest BCUT2D eigenvalue weighted by Crippen LogP contribution is -2.34. The number of benzene rings is 1. The molecule has 0 aliphatic rings. The third-order valence-electron chi connectivity index (χ3n) is 2.56. The molecule has 0 aliphatic carbocycles. The number of nitro groups is 1. The number of halogens is 1. The van der Waals surface area contributed by atoms with Crippen LogP contribution in [0.25, 0.3) is 0 Å². The van der Waals surface area contributed by atoms with Gasteiger partial charge in [0.1, 0.15) is 5.60 Å². The van der Waals surface area contributed by atoms with Gasteiger partial charge in [-0.05, 0) is 13.0 Å². The minimum absolute atomic E-state index is 0.0812. The Labute approximate surface area is 98.3 Å². The van der Waals surface area contributed by atoms with Crippen molar-refractivity contribution in [3.8, 4) is 0 Å². The molecule has 0 fully saturated rings. The number of hydrogen-bond donors (Lipinski definition) is 1. The Morgan fingerprint density at radius 1 is 1.62 bits per heavy atom. The Bertz CT molecular complexity index is 405. The van der Waals surface area contributed by atoms with Gasteiger partial charge in [-0.15, -0.1) is 0 Å². The van der Waals surface area contributed by atoms with Crippen molar-refractivity contribution in [2.24, 2.45) is 5.73 Å². The molecular weight excluding hydrogens is 232 g/mol. The second-order valence-electron chi connectivity index (χ2n) is 3.53. The second-order valence-corrected chi connectivity index (χ2v) is 3.94. The smallest absolute Gasteiger partial charge is 0.277 e. The molecule has 5 nitrogen and oxygen atoms in total. The highest BCUT2D eigenvalue weighted by molar-refractivity contribution is 6.31. The molecule has 2 N–H and O–H groups in total. The van der Waals surface area contributed by atoms with E-state index in [0.717, 1.165) is 0 Å². The monoisotopic (exact) mass is 244 g/mol. The van der Waals surface area contributed by atoms with Gasteiger partial charge < -0.3 is 10.5 Å². The van der Waals surface area contributed by atoms with Gasteiger partial charge in [0.15, 0.2) is 0 Å². The number of rotatable bonds is 4. The topological polar surface area (TPSA) is 78.4 Å². The maximum absolute atomic E-state index is 10.9. The number of ether oxygens (including phenoxy) is 1. The van der Waals surface area contributed by atoms with Crippen LogP contribution in [0, 0.1) is 10.1 Å². The van der Waals surface area contributed by atoms with Crippen molar-refractivity contribution in [1.29, 1.82) is 0 Å². The lowest BCUT2D eigenvalue weighted by Gasteiger charge is -2.27. The molecule has 0 amide bonds. The first kappa shape index (κ1) is 12.9. The number of nitrogens with two attached hydrogens (primary N) is 1. The maximum atomic E-state index is 10.9. The number of hydrogen-bond acceptors (Lipinski definition) is 4. The Hall–Kier alpha value is -1.17. The lowest BCUT2D eigenvalue weighted by atomic mass is 9.94. The lowest BCUT2D eigenvalue weighted by molar-refractivity contribution is -0.386. The minimum atomic E-state index is -0.958. The summed E-state index contributed by atoms with van der Waals surface area (Å²) in [7, 11) is 1.44. The summed E-state index contributed by atoms with van der Waals surface area (Å²) in [6.45, 7) is 1.77. The molecule has 0 saturated heterocycles. The molecule has 88 valence electrons. The van der Waals surface area contributed by atoms with E-state index >= 15 is 0 Å². The van der Waals surface area contributed by atoms with E-state index in [1.165, 1.54) is 19.2 Å². The van der Waals surface area contributed by atoms with Gasteiger partial charge >= 0.3 is 0 Å². The number of nitrogens with zero attached hydrogens (tertiary/aromatic N) is 1. The second kappa shape index (κ2) is 4.78. The Morgan fingerprint density at radius 3 is 2.69 bits per heavy atom. The molecule has 1 aromatic carbocycles. The van der Waals surface area contributed by atoms with Gasteiger partial charge in [-0.25, -0.2) is 0 Å². The van der Waals surface area contributed by atoms with Crippen molar-refractivity contribution in [2.45, 2.75) is 12.5 Å². The van der Waals surface area contributed by atoms with Crippen LogP contribution in [0.2, 0.25) is 5.02 Å². The van der Waals surface area contributed by atoms with Crippen LogP contribution in [-0.2, 0) is 10.3 Å². The predicted octanol–water partition coefficient (Wildman–Crippen LogP) is 2.07. The molecule has 0 bridgehead atoms. The van der Waals surface area contributed by atoms with Gasteiger partial charge in [0.25, 0.3) is 5.69 Å². The molecule has 0 radical (unpaired) electrons. The average Bonchev–Trinajstić information content (AvgIpc) is 2.27. The van der Waals surface area contributed by atoms with Crippen LogP contribution < -0.4 is 5.73 Å². The van der Waals surface area contributed by atoms with Crippen molar-refractivity contribution in [3.05, 3.63) is 38.9 Å². The summed E-state index contributed by atoms with van der Waals surface area (Å²) in [6, 6.07) is 4.49. The highest BCUT2D eigenvalue weighted by atomic mass is 35.5. The SMILES string of the molecule is COC(C)(CN)c1c(Cl)cccc1[N+](=O)[O-]. The van der Waals surface area contributed by atoms with Gasteiger partial charge in [0.05, 0.1) is 15.5 Å². The van der Waals surface area contributed by atoms with Crippen molar-refractivity contribution in [3.63, 3.8) is 0 Å². The fourth-order valence-electron chi connectivity index (χ4n) is 1.48. The summed E-state index contributed by atoms with van der Waals surface area (Å²) in [6.07, 6.45) is 0. The zero-order chi connectivity index (χ0) is 12.3. The Morgan fingerprint density at radius 2 is 2.25 bits per heavy atom. The summed E-state index contributed by atoms with van der Waals surface area (Å²) >= 11 is 5.98.